The Morgan fingerprint density at radius 3 is 2.65 bits per heavy atom. The number of nitrogens with one attached hydrogen (secondary N) is 1. The average Bonchev–Trinajstić information content (AvgIpc) is 2.51. The summed E-state index contributed by atoms with van der Waals surface area (Å²) in [7, 11) is 0. The zero-order chi connectivity index (χ0) is 17.0. The van der Waals surface area contributed by atoms with E-state index in [9.17, 15) is 14.9 Å². The maximum Gasteiger partial charge on any atom is 0.292 e. The smallest absolute Gasteiger partial charge is 0.292 e. The average molecular weight is 355 g/mol. The first-order valence-corrected chi connectivity index (χ1v) is 7.30. The van der Waals surface area contributed by atoms with Crippen LogP contribution in [0.3, 0.4) is 0 Å². The van der Waals surface area contributed by atoms with Gasteiger partial charge in [0.1, 0.15) is 11.4 Å². The third kappa shape index (κ3) is 4.34. The van der Waals surface area contributed by atoms with Crippen LogP contribution in [0.2, 0.25) is 10.0 Å². The molecule has 0 spiro atoms. The molecular formula is C15H12Cl2N2O4. The highest BCUT2D eigenvalue weighted by Crippen LogP contribution is 2.29. The number of anilines is 1. The highest BCUT2D eigenvalue weighted by atomic mass is 35.5. The quantitative estimate of drug-likeness (QED) is 0.640. The van der Waals surface area contributed by atoms with E-state index in [-0.39, 0.29) is 17.1 Å². The molecule has 6 nitrogen and oxygen atoms in total. The van der Waals surface area contributed by atoms with Crippen molar-refractivity contribution in [1.82, 2.24) is 0 Å². The van der Waals surface area contributed by atoms with Crippen LogP contribution in [0.4, 0.5) is 11.4 Å². The normalized spacial score (nSPS) is 11.6. The van der Waals surface area contributed by atoms with Gasteiger partial charge in [0.2, 0.25) is 0 Å². The minimum Gasteiger partial charge on any atom is -0.479 e. The fourth-order valence-corrected chi connectivity index (χ4v) is 2.11. The Morgan fingerprint density at radius 2 is 1.96 bits per heavy atom. The molecule has 120 valence electrons. The molecule has 0 heterocycles. The van der Waals surface area contributed by atoms with Gasteiger partial charge in [-0.05, 0) is 25.1 Å². The van der Waals surface area contributed by atoms with E-state index < -0.39 is 16.9 Å². The van der Waals surface area contributed by atoms with Gasteiger partial charge in [-0.2, -0.15) is 0 Å². The van der Waals surface area contributed by atoms with E-state index in [0.717, 1.165) is 0 Å². The molecule has 0 aromatic heterocycles. The van der Waals surface area contributed by atoms with Crippen molar-refractivity contribution in [2.24, 2.45) is 0 Å². The molecule has 2 aromatic rings. The van der Waals surface area contributed by atoms with Gasteiger partial charge in [-0.3, -0.25) is 14.9 Å². The first kappa shape index (κ1) is 17.1. The van der Waals surface area contributed by atoms with Crippen molar-refractivity contribution in [1.29, 1.82) is 0 Å². The molecule has 2 aromatic carbocycles. The van der Waals surface area contributed by atoms with Crippen molar-refractivity contribution in [3.63, 3.8) is 0 Å². The van der Waals surface area contributed by atoms with Crippen LogP contribution in [0.25, 0.3) is 0 Å². The van der Waals surface area contributed by atoms with Crippen LogP contribution in [0.1, 0.15) is 6.92 Å². The Labute approximate surface area is 142 Å². The molecule has 0 unspecified atom stereocenters. The number of rotatable bonds is 5. The monoisotopic (exact) mass is 354 g/mol. The summed E-state index contributed by atoms with van der Waals surface area (Å²) < 4.78 is 5.46. The number of carbonyl (C=O) groups excluding carboxylic acids is 1. The van der Waals surface area contributed by atoms with Crippen LogP contribution in [-0.2, 0) is 4.79 Å². The number of nitro benzene ring substituents is 1. The van der Waals surface area contributed by atoms with Crippen molar-refractivity contribution >= 4 is 40.5 Å². The second-order valence-electron chi connectivity index (χ2n) is 4.60. The summed E-state index contributed by atoms with van der Waals surface area (Å²) in [6.07, 6.45) is -0.925. The molecule has 0 aliphatic carbocycles. The number of benzene rings is 2. The molecule has 0 fully saturated rings. The summed E-state index contributed by atoms with van der Waals surface area (Å²) in [5, 5.41) is 14.1. The van der Waals surface area contributed by atoms with Gasteiger partial charge in [0.15, 0.2) is 6.10 Å². The van der Waals surface area contributed by atoms with Crippen LogP contribution in [-0.4, -0.2) is 16.9 Å². The van der Waals surface area contributed by atoms with E-state index >= 15 is 0 Å². The van der Waals surface area contributed by atoms with Crippen LogP contribution >= 0.6 is 23.2 Å². The Kier molecular flexibility index (Phi) is 5.41. The van der Waals surface area contributed by atoms with Gasteiger partial charge in [-0.15, -0.1) is 0 Å². The standard InChI is InChI=1S/C15H12Cl2N2O4/c1-9(23-14-8-10(16)6-7-11(14)17)15(20)18-12-4-2-3-5-13(12)19(21)22/h2-9H,1H3,(H,18,20)/t9-/m1/s1. The van der Waals surface area contributed by atoms with Crippen LogP contribution < -0.4 is 10.1 Å². The number of hydrogen-bond acceptors (Lipinski definition) is 4. The Bertz CT molecular complexity index is 752. The lowest BCUT2D eigenvalue weighted by Gasteiger charge is -2.15. The fraction of sp³-hybridized carbons (Fsp3) is 0.133. The Hall–Kier alpha value is -2.31. The zero-order valence-corrected chi connectivity index (χ0v) is 13.5. The minimum absolute atomic E-state index is 0.0927. The second kappa shape index (κ2) is 7.30. The third-order valence-corrected chi connectivity index (χ3v) is 3.47. The number of nitrogens with zero attached hydrogens (tertiary/aromatic N) is 1. The highest BCUT2D eigenvalue weighted by Gasteiger charge is 2.20. The molecule has 8 heteroatoms. The highest BCUT2D eigenvalue weighted by molar-refractivity contribution is 6.34. The van der Waals surface area contributed by atoms with E-state index in [1.807, 2.05) is 0 Å². The summed E-state index contributed by atoms with van der Waals surface area (Å²) in [6, 6.07) is 10.5. The maximum absolute atomic E-state index is 12.2. The van der Waals surface area contributed by atoms with Crippen LogP contribution in [0.15, 0.2) is 42.5 Å². The first-order valence-electron chi connectivity index (χ1n) is 6.54. The number of nitro groups is 1. The van der Waals surface area contributed by atoms with E-state index in [1.54, 1.807) is 18.2 Å². The van der Waals surface area contributed by atoms with Crippen LogP contribution in [0.5, 0.6) is 5.75 Å². The summed E-state index contributed by atoms with van der Waals surface area (Å²) in [6.45, 7) is 1.50. The molecule has 0 saturated heterocycles. The summed E-state index contributed by atoms with van der Waals surface area (Å²) in [4.78, 5) is 22.5. The third-order valence-electron chi connectivity index (χ3n) is 2.92. The molecule has 23 heavy (non-hydrogen) atoms. The van der Waals surface area contributed by atoms with E-state index in [2.05, 4.69) is 5.32 Å². The van der Waals surface area contributed by atoms with Crippen molar-refractivity contribution in [2.45, 2.75) is 13.0 Å². The lowest BCUT2D eigenvalue weighted by atomic mass is 10.2. The van der Waals surface area contributed by atoms with Gasteiger partial charge in [-0.1, -0.05) is 35.3 Å². The van der Waals surface area contributed by atoms with E-state index in [1.165, 1.54) is 31.2 Å². The molecule has 0 radical (unpaired) electrons. The summed E-state index contributed by atoms with van der Waals surface area (Å²) in [5.74, 6) is -0.292. The maximum atomic E-state index is 12.2. The van der Waals surface area contributed by atoms with E-state index in [4.69, 9.17) is 27.9 Å². The van der Waals surface area contributed by atoms with Crippen molar-refractivity contribution in [2.75, 3.05) is 5.32 Å². The minimum atomic E-state index is -0.925. The van der Waals surface area contributed by atoms with Gasteiger partial charge in [0, 0.05) is 17.2 Å². The zero-order valence-electron chi connectivity index (χ0n) is 12.0. The van der Waals surface area contributed by atoms with E-state index in [0.29, 0.717) is 10.0 Å². The molecule has 1 atom stereocenters. The van der Waals surface area contributed by atoms with Gasteiger partial charge >= 0.3 is 0 Å². The predicted molar refractivity (Wildman–Crippen MR) is 88.3 cm³/mol. The van der Waals surface area contributed by atoms with Gasteiger partial charge in [0.25, 0.3) is 11.6 Å². The largest absolute Gasteiger partial charge is 0.479 e. The fourth-order valence-electron chi connectivity index (χ4n) is 1.78. The Morgan fingerprint density at radius 1 is 1.26 bits per heavy atom. The topological polar surface area (TPSA) is 81.5 Å². The molecular weight excluding hydrogens is 343 g/mol. The molecule has 0 saturated carbocycles. The lowest BCUT2D eigenvalue weighted by molar-refractivity contribution is -0.383. The SMILES string of the molecule is C[C@@H](Oc1cc(Cl)ccc1Cl)C(=O)Nc1ccccc1[N+](=O)[O-]. The van der Waals surface area contributed by atoms with Gasteiger partial charge in [-0.25, -0.2) is 0 Å². The second-order valence-corrected chi connectivity index (χ2v) is 5.44. The van der Waals surface area contributed by atoms with Gasteiger partial charge in [0.05, 0.1) is 9.95 Å². The van der Waals surface area contributed by atoms with Gasteiger partial charge < -0.3 is 10.1 Å². The molecule has 0 aliphatic heterocycles. The first-order chi connectivity index (χ1) is 10.9. The molecule has 0 bridgehead atoms. The van der Waals surface area contributed by atoms with Crippen LogP contribution in [0, 0.1) is 10.1 Å². The molecule has 0 aliphatic rings. The number of para-hydroxylation sites is 2. The number of amides is 1. The number of halogens is 2. The number of hydrogen-bond donors (Lipinski definition) is 1. The Balaban J connectivity index is 2.12. The summed E-state index contributed by atoms with van der Waals surface area (Å²) in [5.41, 5.74) is -0.107. The van der Waals surface area contributed by atoms with Crippen molar-refractivity contribution in [3.05, 3.63) is 62.6 Å². The number of carbonyl (C=O) groups is 1. The lowest BCUT2D eigenvalue weighted by Crippen LogP contribution is -2.30. The van der Waals surface area contributed by atoms with Crippen molar-refractivity contribution in [3.8, 4) is 5.75 Å². The number of ether oxygens (including phenoxy) is 1. The molecule has 2 rings (SSSR count). The van der Waals surface area contributed by atoms with Crippen molar-refractivity contribution < 1.29 is 14.5 Å². The summed E-state index contributed by atoms with van der Waals surface area (Å²) >= 11 is 11.8. The molecule has 1 amide bonds. The molecule has 1 N–H and O–H groups in total. The predicted octanol–water partition coefficient (Wildman–Crippen LogP) is 4.31.